The van der Waals surface area contributed by atoms with Crippen LogP contribution in [0.2, 0.25) is 0 Å². The zero-order valence-corrected chi connectivity index (χ0v) is 18.5. The summed E-state index contributed by atoms with van der Waals surface area (Å²) in [5.41, 5.74) is 1.52. The van der Waals surface area contributed by atoms with E-state index in [4.69, 9.17) is 9.47 Å². The fourth-order valence-corrected chi connectivity index (χ4v) is 3.03. The van der Waals surface area contributed by atoms with Crippen molar-refractivity contribution in [1.82, 2.24) is 10.6 Å². The highest BCUT2D eigenvalue weighted by molar-refractivity contribution is 5.90. The van der Waals surface area contributed by atoms with E-state index in [9.17, 15) is 19.5 Å². The van der Waals surface area contributed by atoms with Crippen LogP contribution in [0.25, 0.3) is 0 Å². The molecule has 0 unspecified atom stereocenters. The lowest BCUT2D eigenvalue weighted by atomic mass is 9.98. The largest absolute Gasteiger partial charge is 0.508 e. The topological polar surface area (TPSA) is 114 Å². The highest BCUT2D eigenvalue weighted by atomic mass is 16.5. The van der Waals surface area contributed by atoms with Gasteiger partial charge in [0.15, 0.2) is 0 Å². The van der Waals surface area contributed by atoms with E-state index in [1.807, 2.05) is 44.2 Å². The molecular formula is C24H30N2O6. The van der Waals surface area contributed by atoms with E-state index >= 15 is 0 Å². The smallest absolute Gasteiger partial charge is 0.408 e. The molecule has 2 aromatic rings. The average molecular weight is 443 g/mol. The molecule has 2 aromatic carbocycles. The lowest BCUT2D eigenvalue weighted by molar-refractivity contribution is -0.146. The monoisotopic (exact) mass is 442 g/mol. The van der Waals surface area contributed by atoms with E-state index in [0.717, 1.165) is 5.56 Å². The van der Waals surface area contributed by atoms with E-state index in [-0.39, 0.29) is 24.7 Å². The number of hydrogen-bond donors (Lipinski definition) is 3. The quantitative estimate of drug-likeness (QED) is 0.488. The standard InChI is InChI=1S/C24H30N2O6/c1-4-16(2)21(23(29)31-3)26-22(28)20(14-17-10-12-19(27)13-11-17)25-24(30)32-15-18-8-6-5-7-9-18/h5-13,16,20-21,27H,4,14-15H2,1-3H3,(H,25,30)(H,26,28)/t16-,20-,21+/m0/s1. The van der Waals surface area contributed by atoms with Gasteiger partial charge in [-0.25, -0.2) is 9.59 Å². The van der Waals surface area contributed by atoms with Gasteiger partial charge in [-0.05, 0) is 29.2 Å². The first kappa shape index (κ1) is 24.7. The molecule has 0 heterocycles. The zero-order valence-electron chi connectivity index (χ0n) is 18.5. The molecule has 2 rings (SSSR count). The van der Waals surface area contributed by atoms with Gasteiger partial charge in [-0.2, -0.15) is 0 Å². The zero-order chi connectivity index (χ0) is 23.5. The average Bonchev–Trinajstić information content (AvgIpc) is 2.81. The van der Waals surface area contributed by atoms with Gasteiger partial charge in [0.05, 0.1) is 7.11 Å². The lowest BCUT2D eigenvalue weighted by Gasteiger charge is -2.25. The molecule has 0 saturated heterocycles. The number of ether oxygens (including phenoxy) is 2. The number of alkyl carbamates (subject to hydrolysis) is 1. The lowest BCUT2D eigenvalue weighted by Crippen LogP contribution is -2.54. The number of esters is 1. The summed E-state index contributed by atoms with van der Waals surface area (Å²) in [5.74, 6) is -1.16. The van der Waals surface area contributed by atoms with Crippen LogP contribution in [0.4, 0.5) is 4.79 Å². The Kier molecular flexibility index (Phi) is 9.53. The summed E-state index contributed by atoms with van der Waals surface area (Å²) in [6.07, 6.45) is 0.0295. The Balaban J connectivity index is 2.12. The minimum atomic E-state index is -1.00. The minimum absolute atomic E-state index is 0.0534. The summed E-state index contributed by atoms with van der Waals surface area (Å²) in [5, 5.41) is 14.8. The third-order valence-corrected chi connectivity index (χ3v) is 5.16. The van der Waals surface area contributed by atoms with Crippen molar-refractivity contribution in [3.63, 3.8) is 0 Å². The molecule has 0 aliphatic rings. The number of phenols is 1. The fraction of sp³-hybridized carbons (Fsp3) is 0.375. The molecule has 8 heteroatoms. The molecule has 0 bridgehead atoms. The number of benzene rings is 2. The Labute approximate surface area is 187 Å². The number of amides is 2. The van der Waals surface area contributed by atoms with Crippen LogP contribution in [0.1, 0.15) is 31.4 Å². The number of rotatable bonds is 10. The van der Waals surface area contributed by atoms with Crippen molar-refractivity contribution in [2.24, 2.45) is 5.92 Å². The normalized spacial score (nSPS) is 13.3. The molecule has 3 N–H and O–H groups in total. The number of phenolic OH excluding ortho intramolecular Hbond substituents is 1. The van der Waals surface area contributed by atoms with Gasteiger partial charge in [0.25, 0.3) is 0 Å². The van der Waals surface area contributed by atoms with Crippen molar-refractivity contribution in [2.45, 2.75) is 45.4 Å². The van der Waals surface area contributed by atoms with Gasteiger partial charge in [0.2, 0.25) is 5.91 Å². The van der Waals surface area contributed by atoms with Crippen molar-refractivity contribution in [2.75, 3.05) is 7.11 Å². The molecular weight excluding hydrogens is 412 g/mol. The van der Waals surface area contributed by atoms with Crippen LogP contribution >= 0.6 is 0 Å². The van der Waals surface area contributed by atoms with Crippen molar-refractivity contribution in [3.8, 4) is 5.75 Å². The molecule has 32 heavy (non-hydrogen) atoms. The van der Waals surface area contributed by atoms with Crippen LogP contribution in [0, 0.1) is 5.92 Å². The summed E-state index contributed by atoms with van der Waals surface area (Å²) in [6.45, 7) is 3.79. The van der Waals surface area contributed by atoms with E-state index < -0.39 is 30.1 Å². The van der Waals surface area contributed by atoms with Crippen LogP contribution in [-0.4, -0.2) is 42.3 Å². The van der Waals surface area contributed by atoms with Crippen LogP contribution in [0.3, 0.4) is 0 Å². The van der Waals surface area contributed by atoms with E-state index in [0.29, 0.717) is 12.0 Å². The second-order valence-corrected chi connectivity index (χ2v) is 7.52. The maximum atomic E-state index is 13.0. The van der Waals surface area contributed by atoms with Crippen LogP contribution < -0.4 is 10.6 Å². The third kappa shape index (κ3) is 7.61. The molecule has 0 aromatic heterocycles. The number of hydrogen-bond acceptors (Lipinski definition) is 6. The van der Waals surface area contributed by atoms with Crippen molar-refractivity contribution in [3.05, 3.63) is 65.7 Å². The van der Waals surface area contributed by atoms with E-state index in [1.165, 1.54) is 19.2 Å². The highest BCUT2D eigenvalue weighted by Crippen LogP contribution is 2.13. The number of methoxy groups -OCH3 is 1. The van der Waals surface area contributed by atoms with E-state index in [1.54, 1.807) is 12.1 Å². The number of aromatic hydroxyl groups is 1. The molecule has 8 nitrogen and oxygen atoms in total. The first-order chi connectivity index (χ1) is 15.3. The third-order valence-electron chi connectivity index (χ3n) is 5.16. The van der Waals surface area contributed by atoms with Gasteiger partial charge in [0, 0.05) is 6.42 Å². The maximum absolute atomic E-state index is 13.0. The Morgan fingerprint density at radius 3 is 2.22 bits per heavy atom. The predicted octanol–water partition coefficient (Wildman–Crippen LogP) is 2.93. The molecule has 0 aliphatic heterocycles. The van der Waals surface area contributed by atoms with E-state index in [2.05, 4.69) is 10.6 Å². The van der Waals surface area contributed by atoms with Crippen molar-refractivity contribution >= 4 is 18.0 Å². The molecule has 0 fully saturated rings. The Morgan fingerprint density at radius 2 is 1.62 bits per heavy atom. The van der Waals surface area contributed by atoms with Crippen molar-refractivity contribution < 1.29 is 29.0 Å². The summed E-state index contributed by atoms with van der Waals surface area (Å²) in [6, 6.07) is 13.6. The molecule has 0 spiro atoms. The van der Waals surface area contributed by atoms with Gasteiger partial charge in [-0.3, -0.25) is 4.79 Å². The second-order valence-electron chi connectivity index (χ2n) is 7.52. The minimum Gasteiger partial charge on any atom is -0.508 e. The summed E-state index contributed by atoms with van der Waals surface area (Å²) in [7, 11) is 1.26. The number of carbonyl (C=O) groups excluding carboxylic acids is 3. The van der Waals surface area contributed by atoms with Gasteiger partial charge < -0.3 is 25.2 Å². The number of nitrogens with one attached hydrogen (secondary N) is 2. The maximum Gasteiger partial charge on any atom is 0.408 e. The molecule has 0 radical (unpaired) electrons. The Bertz CT molecular complexity index is 885. The predicted molar refractivity (Wildman–Crippen MR) is 119 cm³/mol. The van der Waals surface area contributed by atoms with Crippen LogP contribution in [-0.2, 0) is 32.1 Å². The molecule has 3 atom stereocenters. The second kappa shape index (κ2) is 12.3. The summed E-state index contributed by atoms with van der Waals surface area (Å²) >= 11 is 0. The Hall–Kier alpha value is -3.55. The van der Waals surface area contributed by atoms with Crippen molar-refractivity contribution in [1.29, 1.82) is 0 Å². The van der Waals surface area contributed by atoms with Gasteiger partial charge in [-0.15, -0.1) is 0 Å². The molecule has 172 valence electrons. The van der Waals surface area contributed by atoms with Crippen LogP contribution in [0.5, 0.6) is 5.75 Å². The highest BCUT2D eigenvalue weighted by Gasteiger charge is 2.30. The van der Waals surface area contributed by atoms with Gasteiger partial charge >= 0.3 is 12.1 Å². The van der Waals surface area contributed by atoms with Crippen LogP contribution in [0.15, 0.2) is 54.6 Å². The number of carbonyl (C=O) groups is 3. The summed E-state index contributed by atoms with van der Waals surface area (Å²) < 4.78 is 10.1. The molecule has 2 amide bonds. The SMILES string of the molecule is CC[C@H](C)[C@@H](NC(=O)[C@H](Cc1ccc(O)cc1)NC(=O)OCc1ccccc1)C(=O)OC. The first-order valence-corrected chi connectivity index (χ1v) is 10.5. The first-order valence-electron chi connectivity index (χ1n) is 10.5. The summed E-state index contributed by atoms with van der Waals surface area (Å²) in [4.78, 5) is 37.6. The van der Waals surface area contributed by atoms with Gasteiger partial charge in [-0.1, -0.05) is 62.7 Å². The molecule has 0 saturated carbocycles. The van der Waals surface area contributed by atoms with Gasteiger partial charge in [0.1, 0.15) is 24.4 Å². The Morgan fingerprint density at radius 1 is 0.969 bits per heavy atom. The molecule has 0 aliphatic carbocycles. The fourth-order valence-electron chi connectivity index (χ4n) is 3.03.